The molecule has 72 valence electrons. The first-order chi connectivity index (χ1) is 6.20. The van der Waals surface area contributed by atoms with Gasteiger partial charge in [-0.2, -0.15) is 0 Å². The van der Waals surface area contributed by atoms with Crippen molar-refractivity contribution < 1.29 is 0 Å². The van der Waals surface area contributed by atoms with Crippen molar-refractivity contribution in [2.24, 2.45) is 0 Å². The predicted octanol–water partition coefficient (Wildman–Crippen LogP) is 4.51. The molecule has 0 unspecified atom stereocenters. The smallest absolute Gasteiger partial charge is 0.0484 e. The van der Waals surface area contributed by atoms with Gasteiger partial charge in [0.15, 0.2) is 0 Å². The average molecular weight is 217 g/mol. The molecule has 0 atom stereocenters. The van der Waals surface area contributed by atoms with Crippen molar-refractivity contribution in [1.82, 2.24) is 0 Å². The highest BCUT2D eigenvalue weighted by atomic mass is 35.5. The van der Waals surface area contributed by atoms with Gasteiger partial charge in [-0.25, -0.2) is 0 Å². The fourth-order valence-electron chi connectivity index (χ4n) is 1.40. The molecule has 0 radical (unpaired) electrons. The van der Waals surface area contributed by atoms with Crippen LogP contribution in [0.5, 0.6) is 0 Å². The topological polar surface area (TPSA) is 0 Å². The minimum atomic E-state index is 0.795. The van der Waals surface area contributed by atoms with Crippen LogP contribution in [0.3, 0.4) is 0 Å². The maximum atomic E-state index is 6.21. The van der Waals surface area contributed by atoms with Crippen molar-refractivity contribution in [1.29, 1.82) is 0 Å². The summed E-state index contributed by atoms with van der Waals surface area (Å²) in [4.78, 5) is 0. The molecule has 1 rings (SSSR count). The lowest BCUT2D eigenvalue weighted by atomic mass is 10.1. The molecule has 0 amide bonds. The third-order valence-corrected chi connectivity index (χ3v) is 2.97. The first-order valence-corrected chi connectivity index (χ1v) is 5.42. The Labute approximate surface area is 89.9 Å². The van der Waals surface area contributed by atoms with E-state index < -0.39 is 0 Å². The highest BCUT2D eigenvalue weighted by Gasteiger charge is 2.08. The van der Waals surface area contributed by atoms with Gasteiger partial charge in [-0.3, -0.25) is 0 Å². The molecule has 0 heterocycles. The minimum absolute atomic E-state index is 0.795. The number of aryl methyl sites for hydroxylation is 1. The molecular formula is C11H14Cl2. The van der Waals surface area contributed by atoms with Crippen LogP contribution in [-0.4, -0.2) is 0 Å². The molecule has 13 heavy (non-hydrogen) atoms. The zero-order valence-corrected chi connectivity index (χ0v) is 9.54. The molecule has 0 aliphatic heterocycles. The van der Waals surface area contributed by atoms with E-state index >= 15 is 0 Å². The first-order valence-electron chi connectivity index (χ1n) is 4.66. The summed E-state index contributed by atoms with van der Waals surface area (Å²) in [6.45, 7) is 4.23. The molecule has 0 saturated heterocycles. The van der Waals surface area contributed by atoms with Crippen molar-refractivity contribution >= 4 is 23.2 Å². The van der Waals surface area contributed by atoms with Gasteiger partial charge in [-0.15, -0.1) is 0 Å². The maximum absolute atomic E-state index is 6.21. The van der Waals surface area contributed by atoms with Crippen LogP contribution in [0.15, 0.2) is 12.1 Å². The Bertz CT molecular complexity index is 292. The molecule has 0 bridgehead atoms. The fourth-order valence-corrected chi connectivity index (χ4v) is 2.09. The van der Waals surface area contributed by atoms with Crippen molar-refractivity contribution in [3.05, 3.63) is 33.3 Å². The standard InChI is InChI=1S/C11H14Cl2/c1-3-5-9-10(12)7-6-8(4-2)11(9)13/h6-7H,3-5H2,1-2H3. The van der Waals surface area contributed by atoms with Gasteiger partial charge in [0, 0.05) is 10.0 Å². The SMILES string of the molecule is CCCc1c(Cl)ccc(CC)c1Cl. The van der Waals surface area contributed by atoms with Gasteiger partial charge in [0.1, 0.15) is 0 Å². The van der Waals surface area contributed by atoms with Crippen LogP contribution in [0.2, 0.25) is 10.0 Å². The van der Waals surface area contributed by atoms with Crippen LogP contribution >= 0.6 is 23.2 Å². The monoisotopic (exact) mass is 216 g/mol. The summed E-state index contributed by atoms with van der Waals surface area (Å²) < 4.78 is 0. The van der Waals surface area contributed by atoms with Gasteiger partial charge < -0.3 is 0 Å². The van der Waals surface area contributed by atoms with Gasteiger partial charge >= 0.3 is 0 Å². The second-order valence-corrected chi connectivity index (χ2v) is 3.89. The Morgan fingerprint density at radius 1 is 1.15 bits per heavy atom. The number of hydrogen-bond donors (Lipinski definition) is 0. The van der Waals surface area contributed by atoms with Gasteiger partial charge in [-0.05, 0) is 30.0 Å². The largest absolute Gasteiger partial charge is 0.0840 e. The molecule has 0 aliphatic rings. The third-order valence-electron chi connectivity index (χ3n) is 2.15. The van der Waals surface area contributed by atoms with Crippen LogP contribution in [0.1, 0.15) is 31.4 Å². The normalized spacial score (nSPS) is 10.5. The molecule has 0 spiro atoms. The molecular weight excluding hydrogens is 203 g/mol. The summed E-state index contributed by atoms with van der Waals surface area (Å²) in [5, 5.41) is 1.65. The second-order valence-electron chi connectivity index (χ2n) is 3.10. The van der Waals surface area contributed by atoms with Gasteiger partial charge in [0.25, 0.3) is 0 Å². The molecule has 1 aromatic rings. The highest BCUT2D eigenvalue weighted by molar-refractivity contribution is 6.36. The summed E-state index contributed by atoms with van der Waals surface area (Å²) in [6, 6.07) is 3.95. The molecule has 0 nitrogen and oxygen atoms in total. The van der Waals surface area contributed by atoms with Crippen molar-refractivity contribution in [3.63, 3.8) is 0 Å². The van der Waals surface area contributed by atoms with E-state index in [4.69, 9.17) is 23.2 Å². The lowest BCUT2D eigenvalue weighted by molar-refractivity contribution is 0.917. The van der Waals surface area contributed by atoms with E-state index in [9.17, 15) is 0 Å². The lowest BCUT2D eigenvalue weighted by Crippen LogP contribution is -1.91. The average Bonchev–Trinajstić information content (AvgIpc) is 2.12. The Kier molecular flexibility index (Phi) is 4.08. The predicted molar refractivity (Wildman–Crippen MR) is 59.8 cm³/mol. The zero-order valence-electron chi connectivity index (χ0n) is 8.03. The number of halogens is 2. The maximum Gasteiger partial charge on any atom is 0.0484 e. The number of hydrogen-bond acceptors (Lipinski definition) is 0. The van der Waals surface area contributed by atoms with Crippen LogP contribution < -0.4 is 0 Å². The summed E-state index contributed by atoms with van der Waals surface area (Å²) >= 11 is 12.3. The quantitative estimate of drug-likeness (QED) is 0.698. The fraction of sp³-hybridized carbons (Fsp3) is 0.455. The van der Waals surface area contributed by atoms with E-state index in [1.54, 1.807) is 0 Å². The Morgan fingerprint density at radius 3 is 2.38 bits per heavy atom. The summed E-state index contributed by atoms with van der Waals surface area (Å²) in [6.07, 6.45) is 3.00. The third kappa shape index (κ3) is 2.38. The summed E-state index contributed by atoms with van der Waals surface area (Å²) in [7, 11) is 0. The number of benzene rings is 1. The molecule has 0 aromatic heterocycles. The van der Waals surface area contributed by atoms with Crippen LogP contribution in [0, 0.1) is 0 Å². The molecule has 0 fully saturated rings. The first kappa shape index (κ1) is 10.9. The Balaban J connectivity index is 3.13. The second kappa shape index (κ2) is 4.88. The van der Waals surface area contributed by atoms with E-state index in [1.807, 2.05) is 12.1 Å². The lowest BCUT2D eigenvalue weighted by Gasteiger charge is -2.09. The van der Waals surface area contributed by atoms with Crippen LogP contribution in [0.4, 0.5) is 0 Å². The Hall–Kier alpha value is -0.200. The molecule has 1 aromatic carbocycles. The van der Waals surface area contributed by atoms with E-state index in [0.29, 0.717) is 0 Å². The van der Waals surface area contributed by atoms with E-state index in [1.165, 1.54) is 5.56 Å². The van der Waals surface area contributed by atoms with Crippen molar-refractivity contribution in [2.75, 3.05) is 0 Å². The number of rotatable bonds is 3. The van der Waals surface area contributed by atoms with Crippen LogP contribution in [-0.2, 0) is 12.8 Å². The Morgan fingerprint density at radius 2 is 1.85 bits per heavy atom. The molecule has 2 heteroatoms. The molecule has 0 N–H and O–H groups in total. The summed E-state index contributed by atoms with van der Waals surface area (Å²) in [5.41, 5.74) is 2.29. The van der Waals surface area contributed by atoms with Gasteiger partial charge in [-0.1, -0.05) is 49.5 Å². The van der Waals surface area contributed by atoms with Crippen molar-refractivity contribution in [3.8, 4) is 0 Å². The summed E-state index contributed by atoms with van der Waals surface area (Å²) in [5.74, 6) is 0. The molecule has 0 saturated carbocycles. The van der Waals surface area contributed by atoms with E-state index in [-0.39, 0.29) is 0 Å². The zero-order chi connectivity index (χ0) is 9.84. The van der Waals surface area contributed by atoms with E-state index in [2.05, 4.69) is 13.8 Å². The van der Waals surface area contributed by atoms with Gasteiger partial charge in [0.05, 0.1) is 0 Å². The molecule has 0 aliphatic carbocycles. The minimum Gasteiger partial charge on any atom is -0.0840 e. The van der Waals surface area contributed by atoms with Gasteiger partial charge in [0.2, 0.25) is 0 Å². The van der Waals surface area contributed by atoms with Crippen LogP contribution in [0.25, 0.3) is 0 Å². The van der Waals surface area contributed by atoms with E-state index in [0.717, 1.165) is 34.9 Å². The van der Waals surface area contributed by atoms with Crippen molar-refractivity contribution in [2.45, 2.75) is 33.1 Å². The highest BCUT2D eigenvalue weighted by Crippen LogP contribution is 2.29.